The lowest BCUT2D eigenvalue weighted by Crippen LogP contribution is -2.23. The molecule has 0 radical (unpaired) electrons. The molecule has 1 nitrogen and oxygen atoms in total. The lowest BCUT2D eigenvalue weighted by molar-refractivity contribution is 0.357. The third-order valence-corrected chi connectivity index (χ3v) is 9.16. The van der Waals surface area contributed by atoms with E-state index in [2.05, 4.69) is 27.7 Å². The number of hydrogen-bond donors (Lipinski definition) is 0. The first kappa shape index (κ1) is 12.6. The molecule has 0 bridgehead atoms. The van der Waals surface area contributed by atoms with Crippen molar-refractivity contribution in [2.45, 2.75) is 82.7 Å². The van der Waals surface area contributed by atoms with Gasteiger partial charge in [-0.05, 0) is 25.2 Å². The standard InChI is InChI=1S/C14H28OSi/c1-10(2)16(11(3)4)8-7-12-5-6-13-14(9-12)15-13/h10-14,16H,5-9H2,1-4H3. The van der Waals surface area contributed by atoms with Gasteiger partial charge in [0, 0.05) is 8.80 Å². The van der Waals surface area contributed by atoms with Crippen molar-refractivity contribution in [2.75, 3.05) is 0 Å². The Labute approximate surface area is 103 Å². The number of rotatable bonds is 5. The van der Waals surface area contributed by atoms with E-state index in [0.29, 0.717) is 12.2 Å². The normalized spacial score (nSPS) is 33.6. The summed E-state index contributed by atoms with van der Waals surface area (Å²) in [6.07, 6.45) is 7.03. The molecule has 1 aliphatic heterocycles. The zero-order valence-electron chi connectivity index (χ0n) is 11.4. The minimum atomic E-state index is -0.499. The first-order chi connectivity index (χ1) is 7.58. The molecule has 2 aliphatic rings. The smallest absolute Gasteiger partial charge is 0.0844 e. The molecule has 0 aromatic heterocycles. The number of epoxide rings is 1. The molecule has 1 heterocycles. The van der Waals surface area contributed by atoms with Gasteiger partial charge in [0.25, 0.3) is 0 Å². The summed E-state index contributed by atoms with van der Waals surface area (Å²) in [4.78, 5) is 0. The van der Waals surface area contributed by atoms with Crippen LogP contribution < -0.4 is 0 Å². The zero-order valence-corrected chi connectivity index (χ0v) is 12.6. The summed E-state index contributed by atoms with van der Waals surface area (Å²) in [5.74, 6) is 0.997. The summed E-state index contributed by atoms with van der Waals surface area (Å²) < 4.78 is 5.62. The van der Waals surface area contributed by atoms with Crippen molar-refractivity contribution >= 4 is 8.80 Å². The fourth-order valence-electron chi connectivity index (χ4n) is 3.61. The Morgan fingerprint density at radius 3 is 2.31 bits per heavy atom. The van der Waals surface area contributed by atoms with Crippen molar-refractivity contribution in [2.24, 2.45) is 5.92 Å². The molecule has 94 valence electrons. The Bertz CT molecular complexity index is 219. The van der Waals surface area contributed by atoms with Gasteiger partial charge in [-0.2, -0.15) is 0 Å². The van der Waals surface area contributed by atoms with Crippen LogP contribution in [0, 0.1) is 5.92 Å². The van der Waals surface area contributed by atoms with Crippen molar-refractivity contribution in [3.8, 4) is 0 Å². The monoisotopic (exact) mass is 240 g/mol. The van der Waals surface area contributed by atoms with Gasteiger partial charge < -0.3 is 4.74 Å². The van der Waals surface area contributed by atoms with Crippen LogP contribution in [0.5, 0.6) is 0 Å². The van der Waals surface area contributed by atoms with E-state index >= 15 is 0 Å². The van der Waals surface area contributed by atoms with Crippen molar-refractivity contribution < 1.29 is 4.74 Å². The Kier molecular flexibility index (Phi) is 4.12. The molecule has 0 aromatic rings. The van der Waals surface area contributed by atoms with Gasteiger partial charge in [-0.1, -0.05) is 51.2 Å². The van der Waals surface area contributed by atoms with Crippen LogP contribution in [-0.4, -0.2) is 21.0 Å². The van der Waals surface area contributed by atoms with Crippen LogP contribution in [0.25, 0.3) is 0 Å². The Morgan fingerprint density at radius 1 is 1.06 bits per heavy atom. The third-order valence-electron chi connectivity index (χ3n) is 4.73. The van der Waals surface area contributed by atoms with Gasteiger partial charge in [0.1, 0.15) is 0 Å². The molecular weight excluding hydrogens is 212 g/mol. The topological polar surface area (TPSA) is 12.5 Å². The van der Waals surface area contributed by atoms with Crippen LogP contribution in [0.4, 0.5) is 0 Å². The van der Waals surface area contributed by atoms with Crippen LogP contribution in [0.15, 0.2) is 0 Å². The summed E-state index contributed by atoms with van der Waals surface area (Å²) in [6, 6.07) is 1.57. The van der Waals surface area contributed by atoms with Gasteiger partial charge in [0.2, 0.25) is 0 Å². The largest absolute Gasteiger partial charge is 0.370 e. The molecule has 1 saturated heterocycles. The maximum atomic E-state index is 5.62. The van der Waals surface area contributed by atoms with Gasteiger partial charge in [-0.25, -0.2) is 0 Å². The lowest BCUT2D eigenvalue weighted by Gasteiger charge is -2.26. The first-order valence-electron chi connectivity index (χ1n) is 7.23. The molecule has 1 saturated carbocycles. The van der Waals surface area contributed by atoms with Gasteiger partial charge in [-0.3, -0.25) is 0 Å². The van der Waals surface area contributed by atoms with E-state index in [1.165, 1.54) is 25.7 Å². The molecule has 2 rings (SSSR count). The third kappa shape index (κ3) is 3.10. The highest BCUT2D eigenvalue weighted by Gasteiger charge is 2.43. The second-order valence-electron chi connectivity index (χ2n) is 6.62. The summed E-state index contributed by atoms with van der Waals surface area (Å²) in [5.41, 5.74) is 1.96. The van der Waals surface area contributed by atoms with Gasteiger partial charge in [0.05, 0.1) is 12.2 Å². The van der Waals surface area contributed by atoms with Crippen molar-refractivity contribution in [1.82, 2.24) is 0 Å². The molecule has 0 N–H and O–H groups in total. The molecule has 2 heteroatoms. The second kappa shape index (κ2) is 5.22. The first-order valence-corrected chi connectivity index (χ1v) is 9.38. The molecule has 3 unspecified atom stereocenters. The fourth-order valence-corrected chi connectivity index (χ4v) is 7.34. The van der Waals surface area contributed by atoms with Crippen molar-refractivity contribution in [3.63, 3.8) is 0 Å². The van der Waals surface area contributed by atoms with Crippen molar-refractivity contribution in [1.29, 1.82) is 0 Å². The minimum absolute atomic E-state index is 0.499. The lowest BCUT2D eigenvalue weighted by atomic mass is 9.87. The van der Waals surface area contributed by atoms with E-state index in [9.17, 15) is 0 Å². The van der Waals surface area contributed by atoms with Gasteiger partial charge >= 0.3 is 0 Å². The molecule has 16 heavy (non-hydrogen) atoms. The average molecular weight is 240 g/mol. The number of fused-ring (bicyclic) bond motifs is 1. The molecule has 0 spiro atoms. The van der Waals surface area contributed by atoms with E-state index in [1.54, 1.807) is 6.04 Å². The van der Waals surface area contributed by atoms with Crippen LogP contribution in [0.1, 0.15) is 53.4 Å². The summed E-state index contributed by atoms with van der Waals surface area (Å²) in [5, 5.41) is 0. The minimum Gasteiger partial charge on any atom is -0.370 e. The SMILES string of the molecule is CC(C)[SiH](CCC1CCC2OC2C1)C(C)C. The van der Waals surface area contributed by atoms with Crippen LogP contribution in [0.3, 0.4) is 0 Å². The predicted octanol–water partition coefficient (Wildman–Crippen LogP) is 3.99. The number of ether oxygens (including phenoxy) is 1. The highest BCUT2D eigenvalue weighted by molar-refractivity contribution is 6.61. The Morgan fingerprint density at radius 2 is 1.75 bits per heavy atom. The summed E-state index contributed by atoms with van der Waals surface area (Å²) >= 11 is 0. The fraction of sp³-hybridized carbons (Fsp3) is 1.00. The maximum absolute atomic E-state index is 5.62. The molecule has 1 aliphatic carbocycles. The van der Waals surface area contributed by atoms with E-state index < -0.39 is 8.80 Å². The quantitative estimate of drug-likeness (QED) is 0.523. The molecule has 0 amide bonds. The Hall–Kier alpha value is 0.177. The summed E-state index contributed by atoms with van der Waals surface area (Å²) in [7, 11) is -0.499. The van der Waals surface area contributed by atoms with Crippen LogP contribution in [0.2, 0.25) is 17.1 Å². The van der Waals surface area contributed by atoms with E-state index in [-0.39, 0.29) is 0 Å². The molecule has 0 aromatic carbocycles. The summed E-state index contributed by atoms with van der Waals surface area (Å²) in [6.45, 7) is 9.77. The van der Waals surface area contributed by atoms with E-state index in [0.717, 1.165) is 17.0 Å². The van der Waals surface area contributed by atoms with Gasteiger partial charge in [-0.15, -0.1) is 0 Å². The molecular formula is C14H28OSi. The molecule has 2 fully saturated rings. The van der Waals surface area contributed by atoms with Crippen molar-refractivity contribution in [3.05, 3.63) is 0 Å². The van der Waals surface area contributed by atoms with Gasteiger partial charge in [0.15, 0.2) is 0 Å². The van der Waals surface area contributed by atoms with E-state index in [4.69, 9.17) is 4.74 Å². The predicted molar refractivity (Wildman–Crippen MR) is 72.8 cm³/mol. The molecule has 3 atom stereocenters. The van der Waals surface area contributed by atoms with E-state index in [1.807, 2.05) is 0 Å². The number of hydrogen-bond acceptors (Lipinski definition) is 1. The highest BCUT2D eigenvalue weighted by Crippen LogP contribution is 2.41. The van der Waals surface area contributed by atoms with Crippen LogP contribution in [-0.2, 0) is 4.74 Å². The second-order valence-corrected chi connectivity index (χ2v) is 11.2. The van der Waals surface area contributed by atoms with Crippen LogP contribution >= 0.6 is 0 Å². The average Bonchev–Trinajstić information content (AvgIpc) is 2.94. The maximum Gasteiger partial charge on any atom is 0.0844 e. The Balaban J connectivity index is 1.72. The zero-order chi connectivity index (χ0) is 11.7. The highest BCUT2D eigenvalue weighted by atomic mass is 28.3.